The van der Waals surface area contributed by atoms with Crippen LogP contribution in [-0.2, 0) is 35.7 Å². The largest absolute Gasteiger partial charge is 0.773 e. The van der Waals surface area contributed by atoms with Crippen LogP contribution in [0.1, 0.15) is 23.7 Å². The maximum absolute atomic E-state index is 13.3. The van der Waals surface area contributed by atoms with Crippen LogP contribution in [-0.4, -0.2) is 35.4 Å². The number of fused-ring (bicyclic) bond motifs is 1. The van der Waals surface area contributed by atoms with Crippen molar-refractivity contribution >= 4 is 39.4 Å². The van der Waals surface area contributed by atoms with Gasteiger partial charge < -0.3 is 14.2 Å². The summed E-state index contributed by atoms with van der Waals surface area (Å²) in [6.07, 6.45) is -3.77. The van der Waals surface area contributed by atoms with E-state index in [-0.39, 0.29) is 10.9 Å². The van der Waals surface area contributed by atoms with Gasteiger partial charge in [0, 0.05) is 35.5 Å². The predicted molar refractivity (Wildman–Crippen MR) is 122 cm³/mol. The minimum atomic E-state index is -4.85. The van der Waals surface area contributed by atoms with Gasteiger partial charge in [0.05, 0.1) is 10.6 Å². The molecule has 3 rings (SSSR count). The molecule has 0 saturated heterocycles. The Morgan fingerprint density at radius 2 is 1.76 bits per heavy atom. The topological polar surface area (TPSA) is 108 Å². The zero-order valence-corrected chi connectivity index (χ0v) is 19.6. The fraction of sp³-hybridized carbons (Fsp3) is 0.333. The van der Waals surface area contributed by atoms with Crippen molar-refractivity contribution in [1.29, 1.82) is 0 Å². The lowest BCUT2D eigenvalue weighted by Crippen LogP contribution is -2.27. The first-order valence-corrected chi connectivity index (χ1v) is 12.1. The highest BCUT2D eigenvalue weighted by molar-refractivity contribution is 7.98. The van der Waals surface area contributed by atoms with Gasteiger partial charge in [-0.3, -0.25) is 14.3 Å². The summed E-state index contributed by atoms with van der Waals surface area (Å²) in [7, 11) is 1.54. The lowest BCUT2D eigenvalue weighted by molar-refractivity contribution is -0.387. The molecule has 12 heteroatoms. The van der Waals surface area contributed by atoms with E-state index in [2.05, 4.69) is 0 Å². The number of nitro groups is 1. The second-order valence-corrected chi connectivity index (χ2v) is 9.21. The van der Waals surface area contributed by atoms with Gasteiger partial charge in [0.25, 0.3) is 5.69 Å². The molecule has 3 aromatic rings. The number of aryl methyl sites for hydroxylation is 1. The molecular weight excluding hydrogens is 481 g/mol. The molecule has 0 saturated carbocycles. The van der Waals surface area contributed by atoms with Gasteiger partial charge in [-0.05, 0) is 30.9 Å². The van der Waals surface area contributed by atoms with Crippen molar-refractivity contribution in [2.24, 2.45) is 7.05 Å². The summed E-state index contributed by atoms with van der Waals surface area (Å²) in [5.74, 6) is 0.977. The molecule has 2 atom stereocenters. The van der Waals surface area contributed by atoms with E-state index in [1.165, 1.54) is 22.4 Å². The van der Waals surface area contributed by atoms with E-state index in [0.717, 1.165) is 24.0 Å². The first-order valence-electron chi connectivity index (χ1n) is 9.44. The summed E-state index contributed by atoms with van der Waals surface area (Å²) in [4.78, 5) is 10.1. The molecule has 180 valence electrons. The first-order chi connectivity index (χ1) is 15.2. The Morgan fingerprint density at radius 1 is 1.18 bits per heavy atom. The van der Waals surface area contributed by atoms with Gasteiger partial charge in [0.2, 0.25) is 0 Å². The minimum absolute atomic E-state index is 0.172. The Hall–Kier alpha value is -2.41. The van der Waals surface area contributed by atoms with Crippen LogP contribution in [0.5, 0.6) is 0 Å². The first kappa shape index (κ1) is 26.8. The average Bonchev–Trinajstić information content (AvgIpc) is 3.03. The van der Waals surface area contributed by atoms with Crippen molar-refractivity contribution in [3.8, 4) is 0 Å². The van der Waals surface area contributed by atoms with Gasteiger partial charge in [-0.25, -0.2) is 0 Å². The van der Waals surface area contributed by atoms with Crippen molar-refractivity contribution in [3.05, 3.63) is 75.5 Å². The summed E-state index contributed by atoms with van der Waals surface area (Å²) in [6.45, 7) is 1.58. The zero-order chi connectivity index (χ0) is 25.0. The van der Waals surface area contributed by atoms with Crippen molar-refractivity contribution in [1.82, 2.24) is 4.57 Å². The molecule has 33 heavy (non-hydrogen) atoms. The second kappa shape index (κ2) is 10.7. The highest BCUT2D eigenvalue weighted by Crippen LogP contribution is 2.40. The smallest absolute Gasteiger partial charge is 0.423 e. The molecule has 0 radical (unpaired) electrons. The number of halogens is 3. The lowest BCUT2D eigenvalue weighted by atomic mass is 10.0. The summed E-state index contributed by atoms with van der Waals surface area (Å²) in [6, 6.07) is 12.9. The number of benzene rings is 2. The van der Waals surface area contributed by atoms with E-state index in [0.29, 0.717) is 17.2 Å². The maximum Gasteiger partial charge on any atom is 0.423 e. The van der Waals surface area contributed by atoms with Crippen LogP contribution in [0.3, 0.4) is 0 Å². The summed E-state index contributed by atoms with van der Waals surface area (Å²) in [5.41, 5.74) is -1.98. The third-order valence-corrected chi connectivity index (χ3v) is 6.01. The number of aliphatic hydroxyl groups is 1. The van der Waals surface area contributed by atoms with Crippen molar-refractivity contribution in [3.63, 3.8) is 0 Å². The van der Waals surface area contributed by atoms with Crippen LogP contribution in [0.2, 0.25) is 0 Å². The van der Waals surface area contributed by atoms with Gasteiger partial charge in [-0.1, -0.05) is 41.4 Å². The summed E-state index contributed by atoms with van der Waals surface area (Å²) >= 11 is -0.370. The quantitative estimate of drug-likeness (QED) is 0.296. The van der Waals surface area contributed by atoms with Crippen molar-refractivity contribution in [2.45, 2.75) is 24.5 Å². The van der Waals surface area contributed by atoms with Crippen LogP contribution in [0.4, 0.5) is 18.9 Å². The molecule has 0 aliphatic rings. The number of thioether (sulfide) groups is 1. The summed E-state index contributed by atoms with van der Waals surface area (Å²) < 4.78 is 59.3. The van der Waals surface area contributed by atoms with Gasteiger partial charge in [0.1, 0.15) is 11.2 Å². The van der Waals surface area contributed by atoms with Gasteiger partial charge in [-0.2, -0.15) is 24.9 Å². The maximum atomic E-state index is 13.3. The van der Waals surface area contributed by atoms with Crippen LogP contribution in [0.25, 0.3) is 10.9 Å². The standard InChI is InChI=1S/C20H19F3N2O3S.CH4O2S/c1-19(26,12-29-11-13-6-4-3-5-7-13)18-9-14-8-17(25(27)28)15(20(21,22)23)10-16(14)24(18)2;1-4(2)3/h3-10,26H,11-12H2,1-2H3;1H3,(H,2,3)/p-1. The van der Waals surface area contributed by atoms with E-state index in [4.69, 9.17) is 8.76 Å². The second-order valence-electron chi connectivity index (χ2n) is 7.43. The number of nitro benzene ring substituents is 1. The van der Waals surface area contributed by atoms with E-state index in [9.17, 15) is 28.4 Å². The van der Waals surface area contributed by atoms with E-state index in [1.807, 2.05) is 30.3 Å². The number of aromatic nitrogens is 1. The number of nitrogens with zero attached hydrogens (tertiary/aromatic N) is 2. The zero-order valence-electron chi connectivity index (χ0n) is 18.0. The number of rotatable bonds is 6. The lowest BCUT2D eigenvalue weighted by Gasteiger charge is -2.24. The molecule has 1 aromatic heterocycles. The molecule has 0 aliphatic heterocycles. The van der Waals surface area contributed by atoms with Crippen LogP contribution in [0, 0.1) is 10.1 Å². The monoisotopic (exact) mass is 503 g/mol. The highest BCUT2D eigenvalue weighted by atomic mass is 32.2. The third-order valence-electron chi connectivity index (χ3n) is 4.71. The van der Waals surface area contributed by atoms with Gasteiger partial charge in [-0.15, -0.1) is 0 Å². The molecular formula is C21H22F3N2O5S2-. The summed E-state index contributed by atoms with van der Waals surface area (Å²) in [5, 5.41) is 22.4. The molecule has 7 nitrogen and oxygen atoms in total. The molecule has 0 amide bonds. The Balaban J connectivity index is 0.000000890. The fourth-order valence-electron chi connectivity index (χ4n) is 3.28. The molecule has 0 aliphatic carbocycles. The van der Waals surface area contributed by atoms with E-state index >= 15 is 0 Å². The molecule has 1 N–H and O–H groups in total. The Morgan fingerprint density at radius 3 is 2.27 bits per heavy atom. The van der Waals surface area contributed by atoms with Crippen molar-refractivity contribution in [2.75, 3.05) is 12.0 Å². The Kier molecular flexibility index (Phi) is 8.69. The molecule has 0 bridgehead atoms. The third kappa shape index (κ3) is 7.03. The number of alkyl halides is 3. The van der Waals surface area contributed by atoms with E-state index in [1.54, 1.807) is 14.0 Å². The average molecular weight is 504 g/mol. The van der Waals surface area contributed by atoms with E-state index < -0.39 is 39.0 Å². The predicted octanol–water partition coefficient (Wildman–Crippen LogP) is 4.74. The molecule has 0 spiro atoms. The number of hydrogen-bond acceptors (Lipinski definition) is 6. The van der Waals surface area contributed by atoms with Crippen LogP contribution in [0.15, 0.2) is 48.5 Å². The SMILES string of the molecule is CS(=O)[O-].Cn1c(C(C)(O)CSCc2ccccc2)cc2cc([N+](=O)[O-])c(C(F)(F)F)cc21. The molecule has 2 aromatic carbocycles. The molecule has 2 unspecified atom stereocenters. The Labute approximate surface area is 195 Å². The number of hydrogen-bond donors (Lipinski definition) is 1. The molecule has 0 fully saturated rings. The van der Waals surface area contributed by atoms with Gasteiger partial charge in [0.15, 0.2) is 0 Å². The Bertz CT molecular complexity index is 1140. The van der Waals surface area contributed by atoms with Crippen LogP contribution < -0.4 is 0 Å². The highest BCUT2D eigenvalue weighted by Gasteiger charge is 2.39. The normalized spacial score (nSPS) is 14.3. The minimum Gasteiger partial charge on any atom is -0.773 e. The van der Waals surface area contributed by atoms with Gasteiger partial charge >= 0.3 is 6.18 Å². The van der Waals surface area contributed by atoms with Crippen molar-refractivity contribution < 1.29 is 32.0 Å². The fourth-order valence-corrected chi connectivity index (χ4v) is 4.36. The molecule has 1 heterocycles. The van der Waals surface area contributed by atoms with Crippen LogP contribution >= 0.6 is 11.8 Å².